The van der Waals surface area contributed by atoms with Crippen LogP contribution in [0.15, 0.2) is 107 Å². The van der Waals surface area contributed by atoms with E-state index in [1.54, 1.807) is 26.5 Å². The third-order valence-electron chi connectivity index (χ3n) is 11.9. The molecule has 0 spiro atoms. The minimum atomic E-state index is -0.653. The van der Waals surface area contributed by atoms with E-state index >= 15 is 0 Å². The Labute approximate surface area is 365 Å². The number of carbonyl (C=O) groups is 4. The van der Waals surface area contributed by atoms with Crippen LogP contribution in [0.1, 0.15) is 50.9 Å². The number of amides is 4. The second kappa shape index (κ2) is 17.8. The molecule has 2 saturated heterocycles. The van der Waals surface area contributed by atoms with E-state index in [1.807, 2.05) is 72.1 Å². The van der Waals surface area contributed by atoms with Crippen molar-refractivity contribution < 1.29 is 28.7 Å². The van der Waals surface area contributed by atoms with Gasteiger partial charge < -0.3 is 24.6 Å². The smallest absolute Gasteiger partial charge is 0.261 e. The molecule has 0 bridgehead atoms. The minimum absolute atomic E-state index is 0.122. The first kappa shape index (κ1) is 41.5. The molecule has 2 fully saturated rings. The van der Waals surface area contributed by atoms with Gasteiger partial charge in [-0.1, -0.05) is 49.0 Å². The number of imide groups is 1. The zero-order valence-electron chi connectivity index (χ0n) is 34.2. The summed E-state index contributed by atoms with van der Waals surface area (Å²) in [7, 11) is 0. The van der Waals surface area contributed by atoms with Crippen LogP contribution in [-0.2, 0) is 45.4 Å². The molecule has 4 aromatic carbocycles. The number of carbonyl (C=O) groups excluding carboxylic acids is 4. The number of hydrogen-bond acceptors (Lipinski definition) is 12. The van der Waals surface area contributed by atoms with Crippen molar-refractivity contribution in [2.45, 2.75) is 51.0 Å². The summed E-state index contributed by atoms with van der Waals surface area (Å²) in [5.41, 5.74) is 4.69. The maximum absolute atomic E-state index is 14.3. The maximum atomic E-state index is 14.3. The molecule has 320 valence electrons. The van der Waals surface area contributed by atoms with Crippen molar-refractivity contribution in [2.24, 2.45) is 5.18 Å². The normalized spacial score (nSPS) is 16.3. The lowest BCUT2D eigenvalue weighted by atomic mass is 9.96. The molecule has 0 saturated carbocycles. The highest BCUT2D eigenvalue weighted by molar-refractivity contribution is 7.10. The third kappa shape index (κ3) is 8.39. The number of nitroso groups, excluding NO2 is 1. The summed E-state index contributed by atoms with van der Waals surface area (Å²) in [6, 6.07) is 23.8. The first-order chi connectivity index (χ1) is 30.7. The average Bonchev–Trinajstić information content (AvgIpc) is 3.84. The average molecular weight is 866 g/mol. The van der Waals surface area contributed by atoms with Gasteiger partial charge in [0.05, 0.1) is 42.1 Å². The van der Waals surface area contributed by atoms with Gasteiger partial charge >= 0.3 is 0 Å². The van der Waals surface area contributed by atoms with Crippen molar-refractivity contribution in [3.63, 3.8) is 0 Å². The Bertz CT molecular complexity index is 2870. The molecule has 0 aliphatic carbocycles. The van der Waals surface area contributed by atoms with Crippen molar-refractivity contribution in [3.8, 4) is 16.9 Å². The molecule has 0 radical (unpaired) electrons. The number of thiophene rings is 1. The van der Waals surface area contributed by atoms with Crippen LogP contribution in [0.3, 0.4) is 0 Å². The fraction of sp³-hybridized carbons (Fsp3) is 0.277. The maximum Gasteiger partial charge on any atom is 0.261 e. The molecule has 1 unspecified atom stereocenters. The van der Waals surface area contributed by atoms with E-state index in [-0.39, 0.29) is 55.4 Å². The number of rotatable bonds is 16. The summed E-state index contributed by atoms with van der Waals surface area (Å²) in [5, 5.41) is 13.0. The van der Waals surface area contributed by atoms with Crippen LogP contribution < -0.4 is 20.9 Å². The zero-order valence-corrected chi connectivity index (χ0v) is 35.0. The third-order valence-corrected chi connectivity index (χ3v) is 12.9. The number of fused-ring (bicyclic) bond motifs is 3. The van der Waals surface area contributed by atoms with Gasteiger partial charge in [-0.05, 0) is 81.5 Å². The van der Waals surface area contributed by atoms with Crippen molar-refractivity contribution in [2.75, 3.05) is 32.8 Å². The van der Waals surface area contributed by atoms with Gasteiger partial charge in [0.25, 0.3) is 11.5 Å². The van der Waals surface area contributed by atoms with Crippen molar-refractivity contribution >= 4 is 62.3 Å². The number of nitrogens with one attached hydrogen (secondary N) is 2. The van der Waals surface area contributed by atoms with Crippen LogP contribution in [0.5, 0.6) is 5.75 Å². The molecule has 15 nitrogen and oxygen atoms in total. The number of likely N-dealkylation sites (tertiary alicyclic amines) is 1. The van der Waals surface area contributed by atoms with Crippen LogP contribution in [0.4, 0.5) is 5.69 Å². The number of hydrogen-bond donors (Lipinski definition) is 2. The molecule has 63 heavy (non-hydrogen) atoms. The molecule has 3 aliphatic heterocycles. The molecular formula is C47H43N7O8S. The van der Waals surface area contributed by atoms with E-state index in [2.05, 4.69) is 22.4 Å². The van der Waals surface area contributed by atoms with E-state index in [1.165, 1.54) is 17.4 Å². The quantitative estimate of drug-likeness (QED) is 0.0512. The monoisotopic (exact) mass is 865 g/mol. The van der Waals surface area contributed by atoms with Gasteiger partial charge in [0.15, 0.2) is 0 Å². The second-order valence-corrected chi connectivity index (χ2v) is 16.7. The number of piperidine rings is 1. The van der Waals surface area contributed by atoms with Gasteiger partial charge in [0.1, 0.15) is 29.9 Å². The van der Waals surface area contributed by atoms with Crippen LogP contribution in [0.25, 0.3) is 32.8 Å². The van der Waals surface area contributed by atoms with Gasteiger partial charge in [-0.3, -0.25) is 33.9 Å². The minimum Gasteiger partial charge on any atom is -0.488 e. The number of ether oxygens (including phenoxy) is 2. The van der Waals surface area contributed by atoms with Crippen molar-refractivity contribution in [3.05, 3.63) is 140 Å². The SMILES string of the molecule is C=CC(=O)N1CC(c2nc3ccc(-c4cc(N=O)cc5ccccc45)cc3c(=O)n2CCOCCNCc2ccc(OCc3scc4c3CN(C3CCC(=O)NC3=O)C4=O)cc2)C1. The fourth-order valence-corrected chi connectivity index (χ4v) is 9.43. The van der Waals surface area contributed by atoms with Gasteiger partial charge in [0, 0.05) is 55.0 Å². The number of aromatic nitrogens is 2. The Hall–Kier alpha value is -6.88. The summed E-state index contributed by atoms with van der Waals surface area (Å²) in [6.07, 6.45) is 1.82. The summed E-state index contributed by atoms with van der Waals surface area (Å²) < 4.78 is 13.7. The lowest BCUT2D eigenvalue weighted by Gasteiger charge is -2.39. The molecule has 4 amide bonds. The highest BCUT2D eigenvalue weighted by Crippen LogP contribution is 2.36. The van der Waals surface area contributed by atoms with Gasteiger partial charge in [-0.15, -0.1) is 16.2 Å². The Morgan fingerprint density at radius 2 is 1.81 bits per heavy atom. The topological polar surface area (TPSA) is 182 Å². The van der Waals surface area contributed by atoms with E-state index in [9.17, 15) is 28.9 Å². The molecule has 6 aromatic rings. The Morgan fingerprint density at radius 1 is 0.984 bits per heavy atom. The zero-order chi connectivity index (χ0) is 43.6. The first-order valence-corrected chi connectivity index (χ1v) is 21.6. The number of nitrogens with zero attached hydrogens (tertiary/aromatic N) is 5. The second-order valence-electron chi connectivity index (χ2n) is 15.8. The highest BCUT2D eigenvalue weighted by atomic mass is 32.1. The molecule has 5 heterocycles. The lowest BCUT2D eigenvalue weighted by molar-refractivity contribution is -0.137. The standard InChI is InChI=1S/C47H43N7O8S/c1-2-43(56)52-23-31(24-52)44-49-39-12-9-30(35-21-32(51-60)19-29-5-3-4-6-34(29)35)20-36(39)46(58)53(44)16-18-61-17-15-48-22-28-7-10-33(11-8-28)62-26-41-37-25-54(47(59)38(37)27-63-41)40-13-14-42(55)50-45(40)57/h2-12,19-21,27,31,40,48H,1,13-18,22-26H2,(H,50,55,57). The summed E-state index contributed by atoms with van der Waals surface area (Å²) in [6.45, 7) is 7.17. The van der Waals surface area contributed by atoms with E-state index in [0.717, 1.165) is 37.9 Å². The summed E-state index contributed by atoms with van der Waals surface area (Å²) in [4.78, 5) is 84.3. The first-order valence-electron chi connectivity index (χ1n) is 20.8. The lowest BCUT2D eigenvalue weighted by Crippen LogP contribution is -2.52. The Morgan fingerprint density at radius 3 is 2.60 bits per heavy atom. The van der Waals surface area contributed by atoms with Gasteiger partial charge in [-0.25, -0.2) is 4.98 Å². The summed E-state index contributed by atoms with van der Waals surface area (Å²) >= 11 is 1.46. The molecule has 1 atom stereocenters. The summed E-state index contributed by atoms with van der Waals surface area (Å²) in [5.74, 6) is 0.0631. The van der Waals surface area contributed by atoms with Crippen LogP contribution in [0.2, 0.25) is 0 Å². The van der Waals surface area contributed by atoms with E-state index < -0.39 is 11.9 Å². The van der Waals surface area contributed by atoms with E-state index in [0.29, 0.717) is 79.5 Å². The Kier molecular flexibility index (Phi) is 11.7. The highest BCUT2D eigenvalue weighted by Gasteiger charge is 2.41. The largest absolute Gasteiger partial charge is 0.488 e. The molecule has 2 aromatic heterocycles. The predicted octanol–water partition coefficient (Wildman–Crippen LogP) is 5.93. The van der Waals surface area contributed by atoms with Crippen LogP contribution in [0, 0.1) is 4.91 Å². The fourth-order valence-electron chi connectivity index (χ4n) is 8.48. The molecular weight excluding hydrogens is 823 g/mol. The predicted molar refractivity (Wildman–Crippen MR) is 238 cm³/mol. The van der Waals surface area contributed by atoms with Crippen molar-refractivity contribution in [1.82, 2.24) is 30.0 Å². The number of benzene rings is 4. The van der Waals surface area contributed by atoms with E-state index in [4.69, 9.17) is 14.5 Å². The van der Waals surface area contributed by atoms with Crippen LogP contribution >= 0.6 is 11.3 Å². The molecule has 16 heteroatoms. The van der Waals surface area contributed by atoms with Crippen molar-refractivity contribution in [1.29, 1.82) is 0 Å². The molecule has 9 rings (SSSR count). The molecule has 2 N–H and O–H groups in total. The van der Waals surface area contributed by atoms with Gasteiger partial charge in [0.2, 0.25) is 17.7 Å². The molecule has 3 aliphatic rings. The van der Waals surface area contributed by atoms with Gasteiger partial charge in [-0.2, -0.15) is 0 Å². The Balaban J connectivity index is 0.793. The van der Waals surface area contributed by atoms with Crippen LogP contribution in [-0.4, -0.2) is 81.9 Å².